The second kappa shape index (κ2) is 6.20. The molecule has 0 aliphatic heterocycles. The van der Waals surface area contributed by atoms with Crippen LogP contribution in [0.5, 0.6) is 0 Å². The third-order valence-corrected chi connectivity index (χ3v) is 5.48. The van der Waals surface area contributed by atoms with E-state index in [0.717, 1.165) is 5.57 Å². The van der Waals surface area contributed by atoms with Crippen LogP contribution >= 0.6 is 0 Å². The van der Waals surface area contributed by atoms with Crippen LogP contribution in [0.15, 0.2) is 23.0 Å². The maximum Gasteiger partial charge on any atom is 0.180 e. The summed E-state index contributed by atoms with van der Waals surface area (Å²) in [6, 6.07) is 0. The molecule has 0 aromatic heterocycles. The lowest BCUT2D eigenvalue weighted by Gasteiger charge is -2.31. The fraction of sp³-hybridized carbons (Fsp3) is 0.650. The maximum absolute atomic E-state index is 13.1. The molecule has 0 aromatic rings. The number of fused-ring (bicyclic) bond motifs is 2. The number of allylic oxidation sites excluding steroid dienone is 4. The lowest BCUT2D eigenvalue weighted by atomic mass is 9.70. The zero-order valence-corrected chi connectivity index (χ0v) is 15.8. The van der Waals surface area contributed by atoms with Gasteiger partial charge < -0.3 is 10.2 Å². The molecule has 2 aliphatic rings. The molecule has 0 amide bonds. The normalized spacial score (nSPS) is 29.4. The summed E-state index contributed by atoms with van der Waals surface area (Å²) >= 11 is 0. The molecule has 5 heteroatoms. The molecule has 2 bridgehead atoms. The van der Waals surface area contributed by atoms with Crippen molar-refractivity contribution in [3.05, 3.63) is 23.0 Å². The van der Waals surface area contributed by atoms with Crippen LogP contribution in [0.1, 0.15) is 54.4 Å². The smallest absolute Gasteiger partial charge is 0.180 e. The molecule has 5 nitrogen and oxygen atoms in total. The maximum atomic E-state index is 13.1. The summed E-state index contributed by atoms with van der Waals surface area (Å²) in [6.07, 6.45) is 2.23. The zero-order chi connectivity index (χ0) is 19.3. The van der Waals surface area contributed by atoms with Gasteiger partial charge in [-0.15, -0.1) is 0 Å². The first kappa shape index (κ1) is 19.6. The van der Waals surface area contributed by atoms with Crippen LogP contribution in [-0.4, -0.2) is 33.2 Å². The van der Waals surface area contributed by atoms with Crippen LogP contribution in [0.25, 0.3) is 0 Å². The summed E-state index contributed by atoms with van der Waals surface area (Å²) < 4.78 is 0. The van der Waals surface area contributed by atoms with E-state index in [1.165, 1.54) is 0 Å². The molecule has 1 fully saturated rings. The Hall–Kier alpha value is -1.75. The average molecular weight is 348 g/mol. The monoisotopic (exact) mass is 348 g/mol. The molecule has 3 unspecified atom stereocenters. The van der Waals surface area contributed by atoms with E-state index in [0.29, 0.717) is 0 Å². The van der Waals surface area contributed by atoms with Gasteiger partial charge in [-0.3, -0.25) is 14.4 Å². The number of carbonyl (C=O) groups excluding carboxylic acids is 3. The summed E-state index contributed by atoms with van der Waals surface area (Å²) in [5.74, 6) is -4.02. The first-order chi connectivity index (χ1) is 11.3. The Morgan fingerprint density at radius 3 is 2.32 bits per heavy atom. The minimum atomic E-state index is -1.29. The van der Waals surface area contributed by atoms with Crippen molar-refractivity contribution in [1.29, 1.82) is 0 Å². The zero-order valence-electron chi connectivity index (χ0n) is 15.8. The van der Waals surface area contributed by atoms with Crippen molar-refractivity contribution in [1.82, 2.24) is 0 Å². The summed E-state index contributed by atoms with van der Waals surface area (Å²) in [5, 5.41) is 21.4. The topological polar surface area (TPSA) is 91.7 Å². The van der Waals surface area contributed by atoms with Crippen LogP contribution in [0.4, 0.5) is 0 Å². The number of ketones is 3. The van der Waals surface area contributed by atoms with Gasteiger partial charge in [0, 0.05) is 11.8 Å². The molecule has 0 saturated heterocycles. The number of Topliss-reactive ketones (excluding diaryl/α,β-unsaturated/α-hetero) is 3. The van der Waals surface area contributed by atoms with Gasteiger partial charge >= 0.3 is 0 Å². The number of hydrogen-bond acceptors (Lipinski definition) is 5. The molecule has 2 N–H and O–H groups in total. The third-order valence-electron chi connectivity index (χ3n) is 5.48. The van der Waals surface area contributed by atoms with E-state index >= 15 is 0 Å². The summed E-state index contributed by atoms with van der Waals surface area (Å²) in [4.78, 5) is 38.5. The Kier molecular flexibility index (Phi) is 4.86. The highest BCUT2D eigenvalue weighted by Gasteiger charge is 2.65. The Balaban J connectivity index is 2.70. The van der Waals surface area contributed by atoms with Gasteiger partial charge in [0.05, 0.1) is 16.9 Å². The molecule has 0 aromatic carbocycles. The van der Waals surface area contributed by atoms with Gasteiger partial charge in [0.2, 0.25) is 0 Å². The predicted molar refractivity (Wildman–Crippen MR) is 93.9 cm³/mol. The minimum Gasteiger partial charge on any atom is -0.510 e. The van der Waals surface area contributed by atoms with Gasteiger partial charge in [-0.25, -0.2) is 0 Å². The molecule has 2 aliphatic carbocycles. The second-order valence-corrected chi connectivity index (χ2v) is 8.48. The molecular weight excluding hydrogens is 320 g/mol. The predicted octanol–water partition coefficient (Wildman–Crippen LogP) is 2.93. The van der Waals surface area contributed by atoms with Gasteiger partial charge in [0.15, 0.2) is 17.3 Å². The molecule has 1 saturated carbocycles. The molecule has 0 heterocycles. The third kappa shape index (κ3) is 2.99. The number of aliphatic hydroxyl groups is 2. The van der Waals surface area contributed by atoms with Crippen molar-refractivity contribution in [2.24, 2.45) is 23.2 Å². The van der Waals surface area contributed by atoms with Gasteiger partial charge in [0.1, 0.15) is 11.3 Å². The highest BCUT2D eigenvalue weighted by atomic mass is 16.3. The largest absolute Gasteiger partial charge is 0.510 e. The van der Waals surface area contributed by atoms with Gasteiger partial charge in [-0.1, -0.05) is 25.5 Å². The van der Waals surface area contributed by atoms with Gasteiger partial charge in [-0.2, -0.15) is 0 Å². The van der Waals surface area contributed by atoms with Crippen LogP contribution in [0.2, 0.25) is 0 Å². The van der Waals surface area contributed by atoms with Crippen LogP contribution in [0, 0.1) is 23.2 Å². The molecule has 3 atom stereocenters. The lowest BCUT2D eigenvalue weighted by Crippen LogP contribution is -2.44. The van der Waals surface area contributed by atoms with Crippen molar-refractivity contribution in [2.45, 2.75) is 60.0 Å². The molecule has 0 radical (unpaired) electrons. The Morgan fingerprint density at radius 1 is 1.32 bits per heavy atom. The quantitative estimate of drug-likeness (QED) is 0.453. The highest BCUT2D eigenvalue weighted by Crippen LogP contribution is 2.57. The molecular formula is C20H28O5. The standard InChI is InChI=1S/C20H28O5/c1-10(2)7-8-20-9-12(19(5,6)25)13(17(20)23)16(22)14(18(20)24)15(21)11(3)4/h7,11-13,24-25H,8-9H2,1-6H3. The first-order valence-electron chi connectivity index (χ1n) is 8.76. The van der Waals surface area contributed by atoms with E-state index in [2.05, 4.69) is 0 Å². The van der Waals surface area contributed by atoms with Gasteiger partial charge in [-0.05, 0) is 40.5 Å². The van der Waals surface area contributed by atoms with Gasteiger partial charge in [0.25, 0.3) is 0 Å². The van der Waals surface area contributed by atoms with E-state index in [1.54, 1.807) is 27.7 Å². The van der Waals surface area contributed by atoms with Crippen LogP contribution < -0.4 is 0 Å². The van der Waals surface area contributed by atoms with Crippen molar-refractivity contribution < 1.29 is 24.6 Å². The number of rotatable bonds is 5. The van der Waals surface area contributed by atoms with E-state index in [4.69, 9.17) is 0 Å². The lowest BCUT2D eigenvalue weighted by molar-refractivity contribution is -0.139. The first-order valence-corrected chi connectivity index (χ1v) is 8.76. The number of hydrogen-bond donors (Lipinski definition) is 2. The Bertz CT molecular complexity index is 685. The van der Waals surface area contributed by atoms with Crippen LogP contribution in [-0.2, 0) is 14.4 Å². The van der Waals surface area contributed by atoms with Crippen molar-refractivity contribution in [2.75, 3.05) is 0 Å². The number of aliphatic hydroxyl groups excluding tert-OH is 1. The van der Waals surface area contributed by atoms with E-state index in [9.17, 15) is 24.6 Å². The highest BCUT2D eigenvalue weighted by molar-refractivity contribution is 6.30. The van der Waals surface area contributed by atoms with E-state index in [1.807, 2.05) is 19.9 Å². The van der Waals surface area contributed by atoms with Crippen LogP contribution in [0.3, 0.4) is 0 Å². The second-order valence-electron chi connectivity index (χ2n) is 8.48. The van der Waals surface area contributed by atoms with Crippen molar-refractivity contribution >= 4 is 17.3 Å². The molecule has 138 valence electrons. The number of carbonyl (C=O) groups is 3. The summed E-state index contributed by atoms with van der Waals surface area (Å²) in [5.41, 5.74) is -1.82. The SMILES string of the molecule is CC(C)=CCC12CC(C(C)(C)O)C(C(=O)C(C(=O)C(C)C)=C1O)C2=O. The fourth-order valence-corrected chi connectivity index (χ4v) is 3.94. The molecule has 25 heavy (non-hydrogen) atoms. The van der Waals surface area contributed by atoms with Crippen molar-refractivity contribution in [3.63, 3.8) is 0 Å². The Labute approximate surface area is 148 Å². The summed E-state index contributed by atoms with van der Waals surface area (Å²) in [6.45, 7) is 10.2. The molecule has 2 rings (SSSR count). The van der Waals surface area contributed by atoms with E-state index in [-0.39, 0.29) is 24.2 Å². The average Bonchev–Trinajstić information content (AvgIpc) is 2.73. The van der Waals surface area contributed by atoms with E-state index < -0.39 is 46.1 Å². The van der Waals surface area contributed by atoms with Crippen molar-refractivity contribution in [3.8, 4) is 0 Å². The Morgan fingerprint density at radius 2 is 1.88 bits per heavy atom. The molecule has 0 spiro atoms. The fourth-order valence-electron chi connectivity index (χ4n) is 3.94. The summed E-state index contributed by atoms with van der Waals surface area (Å²) in [7, 11) is 0. The minimum absolute atomic E-state index is 0.163.